The minimum absolute atomic E-state index is 0.00625. The number of halogens is 4. The first-order valence-corrected chi connectivity index (χ1v) is 10.4. The van der Waals surface area contributed by atoms with Crippen LogP contribution in [-0.4, -0.2) is 30.0 Å². The molecule has 0 aromatic heterocycles. The summed E-state index contributed by atoms with van der Waals surface area (Å²) in [4.78, 5) is 25.4. The van der Waals surface area contributed by atoms with Crippen molar-refractivity contribution in [3.63, 3.8) is 0 Å². The lowest BCUT2D eigenvalue weighted by molar-refractivity contribution is -0.136. The number of hydrogen-bond acceptors (Lipinski definition) is 4. The van der Waals surface area contributed by atoms with Gasteiger partial charge in [0.05, 0.1) is 18.5 Å². The highest BCUT2D eigenvalue weighted by atomic mass is 19.3. The number of alkyl halides is 3. The highest BCUT2D eigenvalue weighted by Gasteiger charge is 2.38. The van der Waals surface area contributed by atoms with Gasteiger partial charge in [0.2, 0.25) is 6.36 Å². The van der Waals surface area contributed by atoms with Crippen molar-refractivity contribution in [2.24, 2.45) is 0 Å². The maximum absolute atomic E-state index is 14.5. The number of ether oxygens (including phenoxy) is 2. The molecule has 10 heteroatoms. The molecule has 0 aliphatic carbocycles. The summed E-state index contributed by atoms with van der Waals surface area (Å²) in [5, 5.41) is 9.32. The number of rotatable bonds is 8. The summed E-state index contributed by atoms with van der Waals surface area (Å²) in [5.74, 6) is -3.20. The van der Waals surface area contributed by atoms with Crippen LogP contribution in [0.15, 0.2) is 42.5 Å². The molecular formula is C24H19F4NO5. The predicted octanol–water partition coefficient (Wildman–Crippen LogP) is 5.45. The maximum Gasteiger partial charge on any atom is 0.387 e. The van der Waals surface area contributed by atoms with Crippen molar-refractivity contribution in [3.8, 4) is 11.5 Å². The Morgan fingerprint density at radius 2 is 1.76 bits per heavy atom. The van der Waals surface area contributed by atoms with Gasteiger partial charge in [-0.1, -0.05) is 37.3 Å². The van der Waals surface area contributed by atoms with E-state index in [9.17, 15) is 27.2 Å². The molecule has 34 heavy (non-hydrogen) atoms. The zero-order valence-electron chi connectivity index (χ0n) is 17.9. The summed E-state index contributed by atoms with van der Waals surface area (Å²) in [6.45, 7) is -1.90. The molecule has 3 aromatic rings. The number of fused-ring (bicyclic) bond motifs is 2. The first kappa shape index (κ1) is 23.3. The Labute approximate surface area is 191 Å². The lowest BCUT2D eigenvalue weighted by atomic mass is 9.99. The van der Waals surface area contributed by atoms with E-state index in [-0.39, 0.29) is 57.6 Å². The van der Waals surface area contributed by atoms with Gasteiger partial charge >= 0.3 is 12.6 Å². The van der Waals surface area contributed by atoms with Crippen molar-refractivity contribution in [3.05, 3.63) is 65.0 Å². The lowest BCUT2D eigenvalue weighted by Crippen LogP contribution is -2.23. The third kappa shape index (κ3) is 4.23. The number of carboxylic acid groups (broad SMARTS) is 1. The average Bonchev–Trinajstić information content (AvgIpc) is 3.13. The summed E-state index contributed by atoms with van der Waals surface area (Å²) in [5.41, 5.74) is -0.115. The van der Waals surface area contributed by atoms with Gasteiger partial charge in [-0.2, -0.15) is 8.78 Å². The summed E-state index contributed by atoms with van der Waals surface area (Å²) >= 11 is 0. The fourth-order valence-corrected chi connectivity index (χ4v) is 3.95. The molecule has 3 aromatic carbocycles. The summed E-state index contributed by atoms with van der Waals surface area (Å²) in [7, 11) is 0. The third-order valence-corrected chi connectivity index (χ3v) is 5.46. The first-order chi connectivity index (χ1) is 16.2. The van der Waals surface area contributed by atoms with Crippen molar-refractivity contribution in [1.82, 2.24) is 0 Å². The van der Waals surface area contributed by atoms with Gasteiger partial charge in [0.25, 0.3) is 5.91 Å². The monoisotopic (exact) mass is 477 g/mol. The van der Waals surface area contributed by atoms with E-state index in [1.165, 1.54) is 18.2 Å². The van der Waals surface area contributed by atoms with Gasteiger partial charge in [-0.25, -0.2) is 8.78 Å². The van der Waals surface area contributed by atoms with Crippen molar-refractivity contribution in [2.75, 3.05) is 4.90 Å². The number of anilines is 1. The molecule has 6 nitrogen and oxygen atoms in total. The second kappa shape index (κ2) is 9.20. The molecule has 1 unspecified atom stereocenters. The van der Waals surface area contributed by atoms with Crippen LogP contribution in [0.3, 0.4) is 0 Å². The number of carboxylic acids is 1. The molecule has 0 saturated heterocycles. The molecule has 1 heterocycles. The van der Waals surface area contributed by atoms with Gasteiger partial charge in [-0.05, 0) is 17.7 Å². The standard InChI is InChI=1S/C24H19F4NO5/c1-2-18(26)33-21-14-5-3-4-6-15(14)22(34-24(27)28)20-16(21)11-29(23(20)32)13-8-7-12(9-19(30)31)17(25)10-13/h3-8,10,18,24H,2,9,11H2,1H3,(H,30,31). The normalized spacial score (nSPS) is 13.9. The molecule has 0 saturated carbocycles. The van der Waals surface area contributed by atoms with Crippen LogP contribution >= 0.6 is 0 Å². The Morgan fingerprint density at radius 3 is 2.35 bits per heavy atom. The van der Waals surface area contributed by atoms with Crippen LogP contribution in [0.1, 0.15) is 34.8 Å². The number of carbonyl (C=O) groups excluding carboxylic acids is 1. The Balaban J connectivity index is 1.88. The van der Waals surface area contributed by atoms with Crippen LogP contribution in [0.4, 0.5) is 23.2 Å². The van der Waals surface area contributed by atoms with Crippen LogP contribution in [0.5, 0.6) is 11.5 Å². The maximum atomic E-state index is 14.5. The van der Waals surface area contributed by atoms with Crippen molar-refractivity contribution in [1.29, 1.82) is 0 Å². The number of amides is 1. The van der Waals surface area contributed by atoms with E-state index in [2.05, 4.69) is 0 Å². The average molecular weight is 477 g/mol. The first-order valence-electron chi connectivity index (χ1n) is 10.4. The third-order valence-electron chi connectivity index (χ3n) is 5.46. The fourth-order valence-electron chi connectivity index (χ4n) is 3.95. The molecule has 1 aliphatic heterocycles. The zero-order chi connectivity index (χ0) is 24.6. The van der Waals surface area contributed by atoms with Crippen LogP contribution < -0.4 is 14.4 Å². The zero-order valence-corrected chi connectivity index (χ0v) is 17.9. The molecule has 0 bridgehead atoms. The van der Waals surface area contributed by atoms with Crippen LogP contribution in [0, 0.1) is 5.82 Å². The molecule has 4 rings (SSSR count). The minimum atomic E-state index is -3.24. The van der Waals surface area contributed by atoms with E-state index in [4.69, 9.17) is 14.6 Å². The predicted molar refractivity (Wildman–Crippen MR) is 115 cm³/mol. The van der Waals surface area contributed by atoms with Gasteiger partial charge in [-0.15, -0.1) is 0 Å². The van der Waals surface area contributed by atoms with Gasteiger partial charge < -0.3 is 19.5 Å². The van der Waals surface area contributed by atoms with Gasteiger partial charge in [0.15, 0.2) is 0 Å². The SMILES string of the molecule is CCC(F)Oc1c2c(c(OC(F)F)c3ccccc13)C(=O)N(c1ccc(CC(=O)O)c(F)c1)C2. The second-order valence-electron chi connectivity index (χ2n) is 7.61. The van der Waals surface area contributed by atoms with Crippen LogP contribution in [0.25, 0.3) is 10.8 Å². The molecule has 1 aliphatic rings. The molecule has 1 N–H and O–H groups in total. The van der Waals surface area contributed by atoms with Gasteiger partial charge in [-0.3, -0.25) is 9.59 Å². The minimum Gasteiger partial charge on any atom is -0.481 e. The Kier molecular flexibility index (Phi) is 6.32. The molecular weight excluding hydrogens is 458 g/mol. The van der Waals surface area contributed by atoms with Gasteiger partial charge in [0, 0.05) is 28.4 Å². The summed E-state index contributed by atoms with van der Waals surface area (Å²) < 4.78 is 65.6. The van der Waals surface area contributed by atoms with E-state index in [0.717, 1.165) is 11.0 Å². The summed E-state index contributed by atoms with van der Waals surface area (Å²) in [6.07, 6.45) is -2.26. The highest BCUT2D eigenvalue weighted by molar-refractivity contribution is 6.16. The molecule has 178 valence electrons. The Bertz CT molecular complexity index is 1280. The number of hydrogen-bond donors (Lipinski definition) is 1. The van der Waals surface area contributed by atoms with Crippen molar-refractivity contribution >= 4 is 28.3 Å². The molecule has 0 radical (unpaired) electrons. The van der Waals surface area contributed by atoms with Crippen LogP contribution in [-0.2, 0) is 17.8 Å². The summed E-state index contributed by atoms with van der Waals surface area (Å²) in [6, 6.07) is 9.72. The van der Waals surface area contributed by atoms with E-state index < -0.39 is 37.1 Å². The van der Waals surface area contributed by atoms with E-state index in [1.807, 2.05) is 0 Å². The number of carbonyl (C=O) groups is 2. The van der Waals surface area contributed by atoms with E-state index in [1.54, 1.807) is 25.1 Å². The Hall–Kier alpha value is -3.82. The largest absolute Gasteiger partial charge is 0.481 e. The quantitative estimate of drug-likeness (QED) is 0.437. The number of benzene rings is 3. The lowest BCUT2D eigenvalue weighted by Gasteiger charge is -2.18. The van der Waals surface area contributed by atoms with Gasteiger partial charge in [0.1, 0.15) is 17.3 Å². The fraction of sp³-hybridized carbons (Fsp3) is 0.250. The van der Waals surface area contributed by atoms with E-state index in [0.29, 0.717) is 0 Å². The number of aliphatic carboxylic acids is 1. The molecule has 1 amide bonds. The van der Waals surface area contributed by atoms with Crippen molar-refractivity contribution in [2.45, 2.75) is 39.3 Å². The molecule has 0 fully saturated rings. The Morgan fingerprint density at radius 1 is 1.09 bits per heavy atom. The van der Waals surface area contributed by atoms with E-state index >= 15 is 0 Å². The smallest absolute Gasteiger partial charge is 0.387 e. The second-order valence-corrected chi connectivity index (χ2v) is 7.61. The van der Waals surface area contributed by atoms with Crippen molar-refractivity contribution < 1.29 is 41.7 Å². The molecule has 1 atom stereocenters. The van der Waals surface area contributed by atoms with Crippen LogP contribution in [0.2, 0.25) is 0 Å². The number of nitrogens with zero attached hydrogens (tertiary/aromatic N) is 1. The molecule has 0 spiro atoms. The highest BCUT2D eigenvalue weighted by Crippen LogP contribution is 2.47. The topological polar surface area (TPSA) is 76.1 Å².